The number of amides is 2. The van der Waals surface area contributed by atoms with E-state index >= 15 is 0 Å². The lowest BCUT2D eigenvalue weighted by molar-refractivity contribution is 0.0964. The van der Waals surface area contributed by atoms with E-state index in [4.69, 9.17) is 0 Å². The summed E-state index contributed by atoms with van der Waals surface area (Å²) in [6.07, 6.45) is 2.31. The smallest absolute Gasteiger partial charge is 0.276 e. The molecule has 0 radical (unpaired) electrons. The molecule has 2 amide bonds. The number of aromatic nitrogens is 2. The fourth-order valence-electron chi connectivity index (χ4n) is 3.20. The van der Waals surface area contributed by atoms with Crippen LogP contribution in [0.4, 0.5) is 5.69 Å². The van der Waals surface area contributed by atoms with Gasteiger partial charge in [0.1, 0.15) is 0 Å². The molecule has 25 heavy (non-hydrogen) atoms. The first kappa shape index (κ1) is 15.9. The summed E-state index contributed by atoms with van der Waals surface area (Å²) in [6.45, 7) is 6.81. The number of hydrogen-bond donors (Lipinski definition) is 2. The summed E-state index contributed by atoms with van der Waals surface area (Å²) in [5.41, 5.74) is 3.57. The van der Waals surface area contributed by atoms with Crippen molar-refractivity contribution in [2.24, 2.45) is 0 Å². The molecule has 0 unspecified atom stereocenters. The summed E-state index contributed by atoms with van der Waals surface area (Å²) in [7, 11) is 0. The number of carbonyl (C=O) groups excluding carboxylic acids is 2. The molecule has 6 heteroatoms. The van der Waals surface area contributed by atoms with Crippen molar-refractivity contribution in [3.05, 3.63) is 46.8 Å². The summed E-state index contributed by atoms with van der Waals surface area (Å²) >= 11 is 0. The van der Waals surface area contributed by atoms with Crippen molar-refractivity contribution in [2.45, 2.75) is 51.6 Å². The standard InChI is InChI=1S/C19H22N4O2/c1-19(2,3)23-16(11-4-5-11)9-15(22-23)18(25)21-13-7-6-12-10-20-17(24)14(12)8-13/h6-9,11H,4-5,10H2,1-3H3,(H,20,24)(H,21,25). The molecule has 1 fully saturated rings. The molecule has 2 aliphatic rings. The van der Waals surface area contributed by atoms with Crippen LogP contribution in [0.1, 0.15) is 71.6 Å². The Bertz CT molecular complexity index is 872. The number of nitrogens with one attached hydrogen (secondary N) is 2. The van der Waals surface area contributed by atoms with Crippen molar-refractivity contribution < 1.29 is 9.59 Å². The van der Waals surface area contributed by atoms with E-state index in [1.165, 1.54) is 0 Å². The predicted octanol–water partition coefficient (Wildman–Crippen LogP) is 3.01. The van der Waals surface area contributed by atoms with Gasteiger partial charge in [0.05, 0.1) is 5.54 Å². The van der Waals surface area contributed by atoms with Gasteiger partial charge >= 0.3 is 0 Å². The monoisotopic (exact) mass is 338 g/mol. The maximum atomic E-state index is 12.6. The molecule has 6 nitrogen and oxygen atoms in total. The van der Waals surface area contributed by atoms with Crippen molar-refractivity contribution in [1.29, 1.82) is 0 Å². The lowest BCUT2D eigenvalue weighted by Crippen LogP contribution is -2.25. The van der Waals surface area contributed by atoms with Crippen molar-refractivity contribution in [3.63, 3.8) is 0 Å². The lowest BCUT2D eigenvalue weighted by Gasteiger charge is -2.22. The van der Waals surface area contributed by atoms with Gasteiger partial charge in [-0.25, -0.2) is 0 Å². The fraction of sp³-hybridized carbons (Fsp3) is 0.421. The van der Waals surface area contributed by atoms with Crippen LogP contribution in [0.3, 0.4) is 0 Å². The highest BCUT2D eigenvalue weighted by Crippen LogP contribution is 2.41. The number of carbonyl (C=O) groups is 2. The van der Waals surface area contributed by atoms with E-state index in [0.717, 1.165) is 24.1 Å². The molecule has 0 atom stereocenters. The maximum absolute atomic E-state index is 12.6. The molecule has 1 saturated carbocycles. The molecule has 4 rings (SSSR count). The van der Waals surface area contributed by atoms with E-state index in [9.17, 15) is 9.59 Å². The van der Waals surface area contributed by atoms with Gasteiger partial charge in [0.15, 0.2) is 5.69 Å². The Morgan fingerprint density at radius 1 is 1.28 bits per heavy atom. The molecule has 0 bridgehead atoms. The Hall–Kier alpha value is -2.63. The minimum Gasteiger partial charge on any atom is -0.348 e. The first-order chi connectivity index (χ1) is 11.8. The number of nitrogens with zero attached hydrogens (tertiary/aromatic N) is 2. The van der Waals surface area contributed by atoms with Crippen molar-refractivity contribution >= 4 is 17.5 Å². The molecular weight excluding hydrogens is 316 g/mol. The first-order valence-electron chi connectivity index (χ1n) is 8.66. The molecule has 1 aliphatic carbocycles. The number of hydrogen-bond acceptors (Lipinski definition) is 3. The minimum atomic E-state index is -0.247. The third-order valence-corrected chi connectivity index (χ3v) is 4.65. The van der Waals surface area contributed by atoms with E-state index in [1.807, 2.05) is 22.9 Å². The summed E-state index contributed by atoms with van der Waals surface area (Å²) in [4.78, 5) is 24.4. The van der Waals surface area contributed by atoms with Gasteiger partial charge in [-0.3, -0.25) is 14.3 Å². The lowest BCUT2D eigenvalue weighted by atomic mass is 10.1. The number of rotatable bonds is 3. The molecule has 1 aromatic carbocycles. The molecule has 0 saturated heterocycles. The normalized spacial score (nSPS) is 16.5. The highest BCUT2D eigenvalue weighted by Gasteiger charge is 2.32. The van der Waals surface area contributed by atoms with Gasteiger partial charge in [0.25, 0.3) is 11.8 Å². The number of fused-ring (bicyclic) bond motifs is 1. The zero-order valence-corrected chi connectivity index (χ0v) is 14.7. The molecule has 2 N–H and O–H groups in total. The van der Waals surface area contributed by atoms with Crippen LogP contribution in [0.15, 0.2) is 24.3 Å². The van der Waals surface area contributed by atoms with Crippen molar-refractivity contribution in [3.8, 4) is 0 Å². The topological polar surface area (TPSA) is 76.0 Å². The second kappa shape index (κ2) is 5.44. The minimum absolute atomic E-state index is 0.0980. The van der Waals surface area contributed by atoms with Gasteiger partial charge in [-0.2, -0.15) is 5.10 Å². The highest BCUT2D eigenvalue weighted by atomic mass is 16.2. The number of benzene rings is 1. The zero-order chi connectivity index (χ0) is 17.8. The molecule has 2 heterocycles. The molecule has 1 aromatic heterocycles. The van der Waals surface area contributed by atoms with Gasteiger partial charge in [-0.1, -0.05) is 6.07 Å². The third kappa shape index (κ3) is 2.92. The Morgan fingerprint density at radius 3 is 2.72 bits per heavy atom. The largest absolute Gasteiger partial charge is 0.348 e. The Balaban J connectivity index is 1.60. The summed E-state index contributed by atoms with van der Waals surface area (Å²) in [5, 5.41) is 10.2. The van der Waals surface area contributed by atoms with Crippen LogP contribution < -0.4 is 10.6 Å². The van der Waals surface area contributed by atoms with Crippen LogP contribution in [0, 0.1) is 0 Å². The van der Waals surface area contributed by atoms with E-state index in [2.05, 4.69) is 36.5 Å². The molecular formula is C19H22N4O2. The van der Waals surface area contributed by atoms with E-state index in [-0.39, 0.29) is 17.4 Å². The van der Waals surface area contributed by atoms with Crippen LogP contribution in [-0.4, -0.2) is 21.6 Å². The van der Waals surface area contributed by atoms with E-state index in [1.54, 1.807) is 6.07 Å². The average molecular weight is 338 g/mol. The van der Waals surface area contributed by atoms with Crippen LogP contribution in [-0.2, 0) is 12.1 Å². The molecule has 130 valence electrons. The second-order valence-electron chi connectivity index (χ2n) is 7.82. The quantitative estimate of drug-likeness (QED) is 0.903. The Kier molecular flexibility index (Phi) is 3.45. The van der Waals surface area contributed by atoms with Gasteiger partial charge in [-0.15, -0.1) is 0 Å². The van der Waals surface area contributed by atoms with Crippen molar-refractivity contribution in [2.75, 3.05) is 5.32 Å². The third-order valence-electron chi connectivity index (χ3n) is 4.65. The Labute approximate surface area is 146 Å². The van der Waals surface area contributed by atoms with Crippen LogP contribution in [0.5, 0.6) is 0 Å². The summed E-state index contributed by atoms with van der Waals surface area (Å²) < 4.78 is 1.97. The summed E-state index contributed by atoms with van der Waals surface area (Å²) in [5.74, 6) is 0.166. The number of anilines is 1. The summed E-state index contributed by atoms with van der Waals surface area (Å²) in [6, 6.07) is 7.31. The van der Waals surface area contributed by atoms with Gasteiger partial charge in [0, 0.05) is 29.4 Å². The second-order valence-corrected chi connectivity index (χ2v) is 7.82. The van der Waals surface area contributed by atoms with Gasteiger partial charge < -0.3 is 10.6 Å². The predicted molar refractivity (Wildman–Crippen MR) is 94.8 cm³/mol. The first-order valence-corrected chi connectivity index (χ1v) is 8.66. The van der Waals surface area contributed by atoms with Crippen LogP contribution in [0.25, 0.3) is 0 Å². The van der Waals surface area contributed by atoms with Gasteiger partial charge in [-0.05, 0) is 57.4 Å². The van der Waals surface area contributed by atoms with E-state index < -0.39 is 0 Å². The molecule has 1 aliphatic heterocycles. The molecule has 2 aromatic rings. The maximum Gasteiger partial charge on any atom is 0.276 e. The van der Waals surface area contributed by atoms with Crippen LogP contribution >= 0.6 is 0 Å². The SMILES string of the molecule is CC(C)(C)n1nc(C(=O)Nc2ccc3c(c2)C(=O)NC3)cc1C1CC1. The highest BCUT2D eigenvalue weighted by molar-refractivity contribution is 6.04. The van der Waals surface area contributed by atoms with Crippen LogP contribution in [0.2, 0.25) is 0 Å². The Morgan fingerprint density at radius 2 is 2.04 bits per heavy atom. The fourth-order valence-corrected chi connectivity index (χ4v) is 3.20. The molecule has 0 spiro atoms. The van der Waals surface area contributed by atoms with Gasteiger partial charge in [0.2, 0.25) is 0 Å². The average Bonchev–Trinajstić information content (AvgIpc) is 3.18. The van der Waals surface area contributed by atoms with Crippen molar-refractivity contribution in [1.82, 2.24) is 15.1 Å². The van der Waals surface area contributed by atoms with E-state index in [0.29, 0.717) is 29.4 Å². The zero-order valence-electron chi connectivity index (χ0n) is 14.7.